The number of carbonyl (C=O) groups excluding carboxylic acids is 3. The molecule has 2 aliphatic rings. The fourth-order valence-corrected chi connectivity index (χ4v) is 3.13. The van der Waals surface area contributed by atoms with Crippen LogP contribution < -0.4 is 10.8 Å². The third-order valence-electron chi connectivity index (χ3n) is 4.08. The molecule has 1 fully saturated rings. The molecule has 1 atom stereocenters. The lowest BCUT2D eigenvalue weighted by atomic mass is 9.76. The van der Waals surface area contributed by atoms with Gasteiger partial charge in [-0.25, -0.2) is 10.3 Å². The van der Waals surface area contributed by atoms with Crippen molar-refractivity contribution in [3.05, 3.63) is 35.4 Å². The van der Waals surface area contributed by atoms with Crippen LogP contribution in [-0.2, 0) is 21.5 Å². The number of aryl methyl sites for hydroxylation is 1. The molecule has 1 aromatic rings. The van der Waals surface area contributed by atoms with Crippen LogP contribution in [0, 0.1) is 0 Å². The summed E-state index contributed by atoms with van der Waals surface area (Å²) in [7, 11) is 0. The van der Waals surface area contributed by atoms with Gasteiger partial charge in [0.2, 0.25) is 0 Å². The Hall–Kier alpha value is -2.41. The molecule has 1 unspecified atom stereocenters. The summed E-state index contributed by atoms with van der Waals surface area (Å²) in [6, 6.07) is 6.89. The zero-order valence-corrected chi connectivity index (χ0v) is 11.3. The van der Waals surface area contributed by atoms with Crippen LogP contribution in [-0.4, -0.2) is 34.5 Å². The Bertz CT molecular complexity index is 630. The van der Waals surface area contributed by atoms with Crippen LogP contribution in [0.2, 0.25) is 0 Å². The molecule has 0 radical (unpaired) electrons. The predicted molar refractivity (Wildman–Crippen MR) is 71.2 cm³/mol. The van der Waals surface area contributed by atoms with Gasteiger partial charge in [0, 0.05) is 0 Å². The van der Waals surface area contributed by atoms with E-state index in [1.54, 1.807) is 0 Å². The second-order valence-electron chi connectivity index (χ2n) is 5.27. The smallest absolute Gasteiger partial charge is 0.319 e. The largest absolute Gasteiger partial charge is 0.325 e. The summed E-state index contributed by atoms with van der Waals surface area (Å²) in [4.78, 5) is 36.8. The van der Waals surface area contributed by atoms with Crippen LogP contribution in [0.5, 0.6) is 0 Å². The molecule has 1 heterocycles. The van der Waals surface area contributed by atoms with Gasteiger partial charge in [-0.15, -0.1) is 0 Å². The van der Waals surface area contributed by atoms with Gasteiger partial charge in [-0.1, -0.05) is 24.3 Å². The van der Waals surface area contributed by atoms with Gasteiger partial charge < -0.3 is 5.32 Å². The summed E-state index contributed by atoms with van der Waals surface area (Å²) in [5, 5.41) is 11.3. The third kappa shape index (κ3) is 1.97. The lowest BCUT2D eigenvalue weighted by Crippen LogP contribution is -2.47. The van der Waals surface area contributed by atoms with Crippen LogP contribution >= 0.6 is 0 Å². The summed E-state index contributed by atoms with van der Waals surface area (Å²) in [6.45, 7) is -0.495. The van der Waals surface area contributed by atoms with Crippen molar-refractivity contribution in [1.29, 1.82) is 0 Å². The van der Waals surface area contributed by atoms with Crippen LogP contribution in [0.4, 0.5) is 4.79 Å². The number of hydroxylamine groups is 1. The number of carbonyl (C=O) groups is 3. The van der Waals surface area contributed by atoms with Crippen molar-refractivity contribution < 1.29 is 19.6 Å². The van der Waals surface area contributed by atoms with Crippen molar-refractivity contribution in [3.63, 3.8) is 0 Å². The first-order valence-corrected chi connectivity index (χ1v) is 6.74. The number of nitrogens with zero attached hydrogens (tertiary/aromatic N) is 1. The fraction of sp³-hybridized carbons (Fsp3) is 0.357. The molecule has 3 rings (SSSR count). The molecular formula is C14H15N3O4. The molecule has 1 saturated heterocycles. The van der Waals surface area contributed by atoms with Crippen molar-refractivity contribution >= 4 is 17.8 Å². The minimum absolute atomic E-state index is 0.441. The van der Waals surface area contributed by atoms with E-state index in [0.29, 0.717) is 6.42 Å². The summed E-state index contributed by atoms with van der Waals surface area (Å²) in [5.74, 6) is -1.25. The highest BCUT2D eigenvalue weighted by Gasteiger charge is 2.54. The monoisotopic (exact) mass is 289 g/mol. The van der Waals surface area contributed by atoms with E-state index in [4.69, 9.17) is 5.21 Å². The highest BCUT2D eigenvalue weighted by atomic mass is 16.5. The maximum Gasteiger partial charge on any atom is 0.325 e. The minimum Gasteiger partial charge on any atom is -0.319 e. The standard InChI is InChI=1S/C14H15N3O4/c18-11(16-21)8-17-12(19)14(15-13(17)20)7-3-5-9-4-1-2-6-10(9)14/h1-2,4,6,21H,3,5,7-8H2,(H,15,20)(H,16,18). The number of nitrogens with one attached hydrogen (secondary N) is 2. The van der Waals surface area contributed by atoms with E-state index >= 15 is 0 Å². The first-order chi connectivity index (χ1) is 10.1. The molecule has 0 bridgehead atoms. The number of amides is 4. The topological polar surface area (TPSA) is 98.7 Å². The van der Waals surface area contributed by atoms with Crippen molar-refractivity contribution in [2.24, 2.45) is 0 Å². The van der Waals surface area contributed by atoms with Crippen molar-refractivity contribution in [1.82, 2.24) is 15.7 Å². The van der Waals surface area contributed by atoms with Gasteiger partial charge >= 0.3 is 6.03 Å². The van der Waals surface area contributed by atoms with E-state index in [-0.39, 0.29) is 0 Å². The van der Waals surface area contributed by atoms with E-state index in [0.717, 1.165) is 28.9 Å². The summed E-state index contributed by atoms with van der Waals surface area (Å²) in [6.07, 6.45) is 2.15. The molecule has 21 heavy (non-hydrogen) atoms. The Morgan fingerprint density at radius 3 is 2.90 bits per heavy atom. The Morgan fingerprint density at radius 2 is 2.14 bits per heavy atom. The zero-order valence-electron chi connectivity index (χ0n) is 11.3. The summed E-state index contributed by atoms with van der Waals surface area (Å²) >= 11 is 0. The highest BCUT2D eigenvalue weighted by molar-refractivity contribution is 6.09. The Morgan fingerprint density at radius 1 is 1.38 bits per heavy atom. The van der Waals surface area contributed by atoms with E-state index < -0.39 is 29.9 Å². The number of rotatable bonds is 2. The minimum atomic E-state index is -1.08. The van der Waals surface area contributed by atoms with Crippen molar-refractivity contribution in [3.8, 4) is 0 Å². The molecule has 1 aromatic carbocycles. The average Bonchev–Trinajstić information content (AvgIpc) is 2.73. The maximum absolute atomic E-state index is 12.7. The molecule has 1 spiro atoms. The molecular weight excluding hydrogens is 274 g/mol. The number of hydrogen-bond donors (Lipinski definition) is 3. The second kappa shape index (κ2) is 4.85. The van der Waals surface area contributed by atoms with Crippen LogP contribution in [0.1, 0.15) is 24.0 Å². The quantitative estimate of drug-likeness (QED) is 0.413. The Balaban J connectivity index is 1.99. The normalized spacial score (nSPS) is 24.0. The Kier molecular flexibility index (Phi) is 3.13. The number of imide groups is 1. The van der Waals surface area contributed by atoms with E-state index in [9.17, 15) is 14.4 Å². The van der Waals surface area contributed by atoms with Gasteiger partial charge in [-0.05, 0) is 30.4 Å². The molecule has 0 aromatic heterocycles. The van der Waals surface area contributed by atoms with Crippen LogP contribution in [0.15, 0.2) is 24.3 Å². The SMILES string of the molecule is O=C(CN1C(=O)NC2(CCCc3ccccc32)C1=O)NO. The van der Waals surface area contributed by atoms with E-state index in [1.807, 2.05) is 24.3 Å². The number of hydrogen-bond acceptors (Lipinski definition) is 4. The van der Waals surface area contributed by atoms with Gasteiger partial charge in [0.05, 0.1) is 0 Å². The van der Waals surface area contributed by atoms with Crippen molar-refractivity contribution in [2.45, 2.75) is 24.8 Å². The molecule has 1 aliphatic heterocycles. The summed E-state index contributed by atoms with van der Waals surface area (Å²) in [5.41, 5.74) is 2.18. The zero-order chi connectivity index (χ0) is 15.0. The van der Waals surface area contributed by atoms with Crippen molar-refractivity contribution in [2.75, 3.05) is 6.54 Å². The molecule has 0 saturated carbocycles. The van der Waals surface area contributed by atoms with Gasteiger partial charge in [0.1, 0.15) is 12.1 Å². The lowest BCUT2D eigenvalue weighted by Gasteiger charge is -2.33. The molecule has 4 amide bonds. The lowest BCUT2D eigenvalue weighted by molar-refractivity contribution is -0.138. The van der Waals surface area contributed by atoms with Gasteiger partial charge in [0.25, 0.3) is 11.8 Å². The van der Waals surface area contributed by atoms with Crippen LogP contribution in [0.25, 0.3) is 0 Å². The fourth-order valence-electron chi connectivity index (χ4n) is 3.13. The number of benzene rings is 1. The van der Waals surface area contributed by atoms with Crippen LogP contribution in [0.3, 0.4) is 0 Å². The molecule has 1 aliphatic carbocycles. The van der Waals surface area contributed by atoms with Gasteiger partial charge in [0.15, 0.2) is 0 Å². The molecule has 7 nitrogen and oxygen atoms in total. The number of urea groups is 1. The summed E-state index contributed by atoms with van der Waals surface area (Å²) < 4.78 is 0. The maximum atomic E-state index is 12.7. The first-order valence-electron chi connectivity index (χ1n) is 6.74. The average molecular weight is 289 g/mol. The molecule has 7 heteroatoms. The van der Waals surface area contributed by atoms with E-state index in [2.05, 4.69) is 5.32 Å². The highest BCUT2D eigenvalue weighted by Crippen LogP contribution is 2.39. The van der Waals surface area contributed by atoms with E-state index in [1.165, 1.54) is 5.48 Å². The third-order valence-corrected chi connectivity index (χ3v) is 4.08. The Labute approximate surface area is 120 Å². The predicted octanol–water partition coefficient (Wildman–Crippen LogP) is 0.275. The van der Waals surface area contributed by atoms with Gasteiger partial charge in [-0.3, -0.25) is 19.7 Å². The first kappa shape index (κ1) is 13.6. The molecule has 110 valence electrons. The second-order valence-corrected chi connectivity index (χ2v) is 5.27. The number of fused-ring (bicyclic) bond motifs is 2. The molecule has 3 N–H and O–H groups in total. The van der Waals surface area contributed by atoms with Gasteiger partial charge in [-0.2, -0.15) is 0 Å².